The summed E-state index contributed by atoms with van der Waals surface area (Å²) in [7, 11) is 1.86. The van der Waals surface area contributed by atoms with Gasteiger partial charge in [0.05, 0.1) is 0 Å². The molecule has 3 heteroatoms. The van der Waals surface area contributed by atoms with Gasteiger partial charge in [-0.05, 0) is 50.3 Å². The van der Waals surface area contributed by atoms with Gasteiger partial charge in [-0.1, -0.05) is 19.8 Å². The molecule has 2 rings (SSSR count). The average molecular weight is 267 g/mol. The van der Waals surface area contributed by atoms with Crippen molar-refractivity contribution in [1.82, 2.24) is 5.32 Å². The van der Waals surface area contributed by atoms with Crippen molar-refractivity contribution in [3.8, 4) is 0 Å². The maximum atomic E-state index is 14.0. The Morgan fingerprint density at radius 1 is 1.11 bits per heavy atom. The van der Waals surface area contributed by atoms with E-state index in [1.54, 1.807) is 13.0 Å². The number of hydrogen-bond donors (Lipinski definition) is 1. The minimum atomic E-state index is -0.464. The molecule has 1 nitrogen and oxygen atoms in total. The molecule has 0 radical (unpaired) electrons. The van der Waals surface area contributed by atoms with Crippen molar-refractivity contribution in [3.63, 3.8) is 0 Å². The zero-order valence-electron chi connectivity index (χ0n) is 12.0. The van der Waals surface area contributed by atoms with Crippen molar-refractivity contribution in [3.05, 3.63) is 34.9 Å². The lowest BCUT2D eigenvalue weighted by Gasteiger charge is -2.33. The first kappa shape index (κ1) is 14.4. The smallest absolute Gasteiger partial charge is 0.130 e. The zero-order valence-corrected chi connectivity index (χ0v) is 12.0. The van der Waals surface area contributed by atoms with Crippen LogP contribution in [0.1, 0.15) is 49.8 Å². The fraction of sp³-hybridized carbons (Fsp3) is 0.625. The van der Waals surface area contributed by atoms with Crippen LogP contribution < -0.4 is 5.32 Å². The molecule has 1 aromatic carbocycles. The third kappa shape index (κ3) is 3.14. The van der Waals surface area contributed by atoms with Crippen molar-refractivity contribution in [2.75, 3.05) is 7.05 Å². The number of hydrogen-bond acceptors (Lipinski definition) is 1. The SMILES string of the molecule is CNC(c1cc(C)c(F)cc1F)C1CCC(C)CC1. The van der Waals surface area contributed by atoms with Gasteiger partial charge in [-0.3, -0.25) is 0 Å². The first-order chi connectivity index (χ1) is 9.02. The third-order valence-electron chi connectivity index (χ3n) is 4.46. The standard InChI is InChI=1S/C16H23F2N/c1-10-4-6-12(7-5-10)16(19-3)13-8-11(2)14(17)9-15(13)18/h8-10,12,16,19H,4-7H2,1-3H3. The van der Waals surface area contributed by atoms with E-state index in [0.29, 0.717) is 17.0 Å². The van der Waals surface area contributed by atoms with Crippen LogP contribution in [0.25, 0.3) is 0 Å². The minimum absolute atomic E-state index is 0.00759. The first-order valence-electron chi connectivity index (χ1n) is 7.15. The largest absolute Gasteiger partial charge is 0.313 e. The van der Waals surface area contributed by atoms with Crippen LogP contribution in [-0.4, -0.2) is 7.05 Å². The molecule has 106 valence electrons. The summed E-state index contributed by atoms with van der Waals surface area (Å²) in [4.78, 5) is 0. The number of halogens is 2. The predicted octanol–water partition coefficient (Wildman–Crippen LogP) is 4.36. The molecule has 1 aliphatic rings. The van der Waals surface area contributed by atoms with Gasteiger partial charge >= 0.3 is 0 Å². The Morgan fingerprint density at radius 3 is 2.32 bits per heavy atom. The number of nitrogens with one attached hydrogen (secondary N) is 1. The molecule has 19 heavy (non-hydrogen) atoms. The van der Waals surface area contributed by atoms with Crippen molar-refractivity contribution in [2.24, 2.45) is 11.8 Å². The van der Waals surface area contributed by atoms with Gasteiger partial charge in [-0.2, -0.15) is 0 Å². The van der Waals surface area contributed by atoms with Gasteiger partial charge in [0.15, 0.2) is 0 Å². The van der Waals surface area contributed by atoms with E-state index in [9.17, 15) is 8.78 Å². The molecule has 1 atom stereocenters. The number of aryl methyl sites for hydroxylation is 1. The van der Waals surface area contributed by atoms with Gasteiger partial charge in [0.2, 0.25) is 0 Å². The van der Waals surface area contributed by atoms with E-state index < -0.39 is 11.6 Å². The second-order valence-electron chi connectivity index (χ2n) is 5.91. The molecule has 0 aliphatic heterocycles. The summed E-state index contributed by atoms with van der Waals surface area (Å²) in [5, 5.41) is 3.23. The maximum Gasteiger partial charge on any atom is 0.130 e. The molecule has 1 fully saturated rings. The summed E-state index contributed by atoms with van der Waals surface area (Å²) in [5.41, 5.74) is 1.13. The highest BCUT2D eigenvalue weighted by atomic mass is 19.1. The van der Waals surface area contributed by atoms with Crippen LogP contribution in [0.15, 0.2) is 12.1 Å². The van der Waals surface area contributed by atoms with E-state index in [4.69, 9.17) is 0 Å². The minimum Gasteiger partial charge on any atom is -0.313 e. The number of benzene rings is 1. The Bertz CT molecular complexity index is 437. The quantitative estimate of drug-likeness (QED) is 0.858. The molecule has 1 N–H and O–H groups in total. The second kappa shape index (κ2) is 6.00. The normalized spacial score (nSPS) is 25.3. The Morgan fingerprint density at radius 2 is 1.74 bits per heavy atom. The van der Waals surface area contributed by atoms with Gasteiger partial charge in [-0.15, -0.1) is 0 Å². The van der Waals surface area contributed by atoms with Crippen LogP contribution in [0.4, 0.5) is 8.78 Å². The molecule has 0 saturated heterocycles. The maximum absolute atomic E-state index is 14.0. The molecular weight excluding hydrogens is 244 g/mol. The third-order valence-corrected chi connectivity index (χ3v) is 4.46. The number of rotatable bonds is 3. The summed E-state index contributed by atoms with van der Waals surface area (Å²) < 4.78 is 27.4. The molecule has 0 aromatic heterocycles. The van der Waals surface area contributed by atoms with Crippen LogP contribution in [0.3, 0.4) is 0 Å². The summed E-state index contributed by atoms with van der Waals surface area (Å²) in [6.45, 7) is 3.96. The van der Waals surface area contributed by atoms with Crippen LogP contribution in [0, 0.1) is 30.4 Å². The van der Waals surface area contributed by atoms with E-state index in [-0.39, 0.29) is 6.04 Å². The van der Waals surface area contributed by atoms with E-state index in [0.717, 1.165) is 24.8 Å². The predicted molar refractivity (Wildman–Crippen MR) is 74.0 cm³/mol. The molecule has 1 unspecified atom stereocenters. The van der Waals surface area contributed by atoms with Crippen molar-refractivity contribution < 1.29 is 8.78 Å². The Hall–Kier alpha value is -0.960. The molecule has 1 aromatic rings. The monoisotopic (exact) mass is 267 g/mol. The highest BCUT2D eigenvalue weighted by Gasteiger charge is 2.28. The van der Waals surface area contributed by atoms with E-state index >= 15 is 0 Å². The van der Waals surface area contributed by atoms with Crippen molar-refractivity contribution >= 4 is 0 Å². The van der Waals surface area contributed by atoms with Crippen LogP contribution in [0.2, 0.25) is 0 Å². The zero-order chi connectivity index (χ0) is 14.0. The van der Waals surface area contributed by atoms with Gasteiger partial charge < -0.3 is 5.32 Å². The Kier molecular flexibility index (Phi) is 4.56. The Labute approximate surface area is 114 Å². The van der Waals surface area contributed by atoms with Crippen molar-refractivity contribution in [1.29, 1.82) is 0 Å². The van der Waals surface area contributed by atoms with Gasteiger partial charge in [0.1, 0.15) is 11.6 Å². The highest BCUT2D eigenvalue weighted by Crippen LogP contribution is 2.37. The summed E-state index contributed by atoms with van der Waals surface area (Å²) in [6.07, 6.45) is 4.63. The van der Waals surface area contributed by atoms with Crippen LogP contribution in [0.5, 0.6) is 0 Å². The topological polar surface area (TPSA) is 12.0 Å². The summed E-state index contributed by atoms with van der Waals surface area (Å²) in [6, 6.07) is 2.66. The molecule has 0 spiro atoms. The summed E-state index contributed by atoms with van der Waals surface area (Å²) >= 11 is 0. The van der Waals surface area contributed by atoms with Crippen LogP contribution >= 0.6 is 0 Å². The van der Waals surface area contributed by atoms with E-state index in [2.05, 4.69) is 12.2 Å². The van der Waals surface area contributed by atoms with Gasteiger partial charge in [0, 0.05) is 17.7 Å². The van der Waals surface area contributed by atoms with Gasteiger partial charge in [-0.25, -0.2) is 8.78 Å². The van der Waals surface area contributed by atoms with Gasteiger partial charge in [0.25, 0.3) is 0 Å². The first-order valence-corrected chi connectivity index (χ1v) is 7.15. The molecule has 0 amide bonds. The fourth-order valence-corrected chi connectivity index (χ4v) is 3.18. The molecular formula is C16H23F2N. The fourth-order valence-electron chi connectivity index (χ4n) is 3.18. The molecule has 0 heterocycles. The highest BCUT2D eigenvalue weighted by molar-refractivity contribution is 5.28. The molecule has 1 saturated carbocycles. The molecule has 0 bridgehead atoms. The lowest BCUT2D eigenvalue weighted by molar-refractivity contribution is 0.235. The average Bonchev–Trinajstić information content (AvgIpc) is 2.38. The summed E-state index contributed by atoms with van der Waals surface area (Å²) in [5.74, 6) is 0.323. The lowest BCUT2D eigenvalue weighted by atomic mass is 9.77. The Balaban J connectivity index is 2.24. The van der Waals surface area contributed by atoms with Crippen molar-refractivity contribution in [2.45, 2.75) is 45.6 Å². The molecule has 1 aliphatic carbocycles. The van der Waals surface area contributed by atoms with E-state index in [1.807, 2.05) is 7.05 Å². The van der Waals surface area contributed by atoms with Crippen LogP contribution in [-0.2, 0) is 0 Å². The lowest BCUT2D eigenvalue weighted by Crippen LogP contribution is -2.29. The second-order valence-corrected chi connectivity index (χ2v) is 5.91. The van der Waals surface area contributed by atoms with E-state index in [1.165, 1.54) is 12.8 Å².